The van der Waals surface area contributed by atoms with E-state index in [0.29, 0.717) is 12.5 Å². The second-order valence-electron chi connectivity index (χ2n) is 6.03. The molecule has 1 fully saturated rings. The van der Waals surface area contributed by atoms with Crippen molar-refractivity contribution >= 4 is 7.82 Å². The number of hydrogen-bond donors (Lipinski definition) is 0. The molecule has 6 heteroatoms. The molecular weight excluding hydrogens is 253 g/mol. The van der Waals surface area contributed by atoms with Gasteiger partial charge in [0.1, 0.15) is 13.2 Å². The van der Waals surface area contributed by atoms with Crippen molar-refractivity contribution in [1.82, 2.24) is 0 Å². The van der Waals surface area contributed by atoms with E-state index in [1.54, 1.807) is 0 Å². The van der Waals surface area contributed by atoms with Crippen LogP contribution in [0.4, 0.5) is 0 Å². The van der Waals surface area contributed by atoms with E-state index in [2.05, 4.69) is 28.1 Å². The van der Waals surface area contributed by atoms with E-state index in [1.165, 1.54) is 7.11 Å². The maximum absolute atomic E-state index is 12.3. The Bertz CT molecular complexity index is 303. The van der Waals surface area contributed by atoms with Gasteiger partial charge in [-0.2, -0.15) is 0 Å². The van der Waals surface area contributed by atoms with Crippen LogP contribution in [0.5, 0.6) is 0 Å². The number of nitrogens with zero attached hydrogens (tertiary/aromatic N) is 1. The van der Waals surface area contributed by atoms with Gasteiger partial charge in [0.2, 0.25) is 0 Å². The molecule has 0 aromatic rings. The number of quaternary nitrogens is 1. The van der Waals surface area contributed by atoms with Gasteiger partial charge in [0.15, 0.2) is 0 Å². The van der Waals surface area contributed by atoms with E-state index in [9.17, 15) is 4.57 Å². The summed E-state index contributed by atoms with van der Waals surface area (Å²) in [7, 11) is 4.17. The number of rotatable bonds is 7. The fourth-order valence-corrected chi connectivity index (χ4v) is 3.19. The number of phosphoric acid groups is 1. The van der Waals surface area contributed by atoms with Gasteiger partial charge in [0.25, 0.3) is 0 Å². The molecule has 0 N–H and O–H groups in total. The quantitative estimate of drug-likeness (QED) is 0.531. The van der Waals surface area contributed by atoms with E-state index < -0.39 is 7.82 Å². The zero-order chi connectivity index (χ0) is 13.8. The molecule has 0 bridgehead atoms. The maximum atomic E-state index is 12.3. The summed E-state index contributed by atoms with van der Waals surface area (Å²) in [6.07, 6.45) is 3.18. The van der Waals surface area contributed by atoms with Crippen LogP contribution >= 0.6 is 7.82 Å². The SMILES string of the molecule is COP(=O)(OCC[N+](C)(C)C)O[C@H]1CCC[C@@H]1C. The van der Waals surface area contributed by atoms with Crippen LogP contribution in [-0.4, -0.2) is 52.0 Å². The minimum atomic E-state index is -3.38. The maximum Gasteiger partial charge on any atom is 0.475 e. The molecule has 1 rings (SSSR count). The highest BCUT2D eigenvalue weighted by Gasteiger charge is 2.34. The topological polar surface area (TPSA) is 44.8 Å². The average molecular weight is 280 g/mol. The van der Waals surface area contributed by atoms with E-state index >= 15 is 0 Å². The molecule has 0 radical (unpaired) electrons. The van der Waals surface area contributed by atoms with E-state index in [-0.39, 0.29) is 6.10 Å². The largest absolute Gasteiger partial charge is 0.475 e. The molecule has 0 heterocycles. The molecular formula is C12H27NO4P+. The zero-order valence-corrected chi connectivity index (χ0v) is 13.1. The Morgan fingerprint density at radius 3 is 2.39 bits per heavy atom. The van der Waals surface area contributed by atoms with Crippen molar-refractivity contribution in [1.29, 1.82) is 0 Å². The summed E-state index contributed by atoms with van der Waals surface area (Å²) < 4.78 is 29.0. The van der Waals surface area contributed by atoms with Crippen molar-refractivity contribution in [3.63, 3.8) is 0 Å². The van der Waals surface area contributed by atoms with Gasteiger partial charge in [-0.15, -0.1) is 0 Å². The standard InChI is InChI=1S/C12H27NO4P/c1-11-7-6-8-12(11)17-18(14,15-5)16-10-9-13(2,3)4/h11-12H,6-10H2,1-5H3/q+1/t11-,12-,18?/m0/s1. The van der Waals surface area contributed by atoms with Crippen molar-refractivity contribution in [3.05, 3.63) is 0 Å². The smallest absolute Gasteiger partial charge is 0.329 e. The normalized spacial score (nSPS) is 28.3. The summed E-state index contributed by atoms with van der Waals surface area (Å²) in [4.78, 5) is 0. The molecule has 3 atom stereocenters. The lowest BCUT2D eigenvalue weighted by Gasteiger charge is -2.26. The lowest BCUT2D eigenvalue weighted by Crippen LogP contribution is -2.37. The summed E-state index contributed by atoms with van der Waals surface area (Å²) in [6, 6.07) is 0. The fraction of sp³-hybridized carbons (Fsp3) is 1.00. The molecule has 0 amide bonds. The first kappa shape index (κ1) is 16.1. The van der Waals surface area contributed by atoms with Gasteiger partial charge >= 0.3 is 7.82 Å². The van der Waals surface area contributed by atoms with Gasteiger partial charge < -0.3 is 4.48 Å². The molecule has 1 aliphatic carbocycles. The molecule has 108 valence electrons. The van der Waals surface area contributed by atoms with E-state index in [4.69, 9.17) is 13.6 Å². The molecule has 5 nitrogen and oxygen atoms in total. The van der Waals surface area contributed by atoms with Gasteiger partial charge in [-0.05, 0) is 18.8 Å². The number of likely N-dealkylation sites (N-methyl/N-ethyl adjacent to an activating group) is 1. The van der Waals surface area contributed by atoms with Gasteiger partial charge in [0, 0.05) is 7.11 Å². The van der Waals surface area contributed by atoms with Gasteiger partial charge in [0.05, 0.1) is 27.2 Å². The highest BCUT2D eigenvalue weighted by atomic mass is 31.2. The second-order valence-corrected chi connectivity index (χ2v) is 7.76. The Labute approximate surface area is 111 Å². The van der Waals surface area contributed by atoms with Crippen LogP contribution in [0.25, 0.3) is 0 Å². The van der Waals surface area contributed by atoms with Crippen molar-refractivity contribution in [2.75, 3.05) is 41.4 Å². The molecule has 1 unspecified atom stereocenters. The number of phosphoric ester groups is 1. The Morgan fingerprint density at radius 2 is 1.94 bits per heavy atom. The molecule has 0 saturated heterocycles. The molecule has 1 saturated carbocycles. The van der Waals surface area contributed by atoms with Crippen LogP contribution < -0.4 is 0 Å². The van der Waals surface area contributed by atoms with Crippen LogP contribution in [0.15, 0.2) is 0 Å². The summed E-state index contributed by atoms with van der Waals surface area (Å²) in [5, 5.41) is 0. The summed E-state index contributed by atoms with van der Waals surface area (Å²) in [5.74, 6) is 0.426. The first-order valence-electron chi connectivity index (χ1n) is 6.55. The zero-order valence-electron chi connectivity index (χ0n) is 12.2. The van der Waals surface area contributed by atoms with Crippen LogP contribution in [0, 0.1) is 5.92 Å². The van der Waals surface area contributed by atoms with E-state index in [0.717, 1.165) is 30.3 Å². The first-order chi connectivity index (χ1) is 8.26. The van der Waals surface area contributed by atoms with Gasteiger partial charge in [-0.1, -0.05) is 13.3 Å². The van der Waals surface area contributed by atoms with Crippen molar-refractivity contribution in [2.45, 2.75) is 32.3 Å². The average Bonchev–Trinajstić information content (AvgIpc) is 2.62. The third kappa shape index (κ3) is 5.37. The van der Waals surface area contributed by atoms with Crippen LogP contribution in [-0.2, 0) is 18.1 Å². The Hall–Kier alpha value is 0.0700. The van der Waals surface area contributed by atoms with Gasteiger partial charge in [-0.3, -0.25) is 13.6 Å². The Morgan fingerprint density at radius 1 is 1.28 bits per heavy atom. The molecule has 0 spiro atoms. The fourth-order valence-electron chi connectivity index (χ4n) is 1.99. The Kier molecular flexibility index (Phi) is 5.81. The van der Waals surface area contributed by atoms with Gasteiger partial charge in [-0.25, -0.2) is 4.57 Å². The monoisotopic (exact) mass is 280 g/mol. The van der Waals surface area contributed by atoms with E-state index in [1.807, 2.05) is 0 Å². The second kappa shape index (κ2) is 6.49. The predicted octanol–water partition coefficient (Wildman–Crippen LogP) is 2.67. The van der Waals surface area contributed by atoms with Crippen molar-refractivity contribution in [2.24, 2.45) is 5.92 Å². The summed E-state index contributed by atoms with van der Waals surface area (Å²) in [6.45, 7) is 3.25. The highest BCUT2D eigenvalue weighted by molar-refractivity contribution is 7.48. The summed E-state index contributed by atoms with van der Waals surface area (Å²) in [5.41, 5.74) is 0. The molecule has 1 aliphatic rings. The van der Waals surface area contributed by atoms with Crippen LogP contribution in [0.1, 0.15) is 26.2 Å². The Balaban J connectivity index is 2.44. The summed E-state index contributed by atoms with van der Waals surface area (Å²) >= 11 is 0. The third-order valence-corrected chi connectivity index (χ3v) is 4.76. The minimum Gasteiger partial charge on any atom is -0.329 e. The third-order valence-electron chi connectivity index (χ3n) is 3.28. The lowest BCUT2D eigenvalue weighted by molar-refractivity contribution is -0.870. The minimum absolute atomic E-state index is 0.0000835. The van der Waals surface area contributed by atoms with Crippen LogP contribution in [0.2, 0.25) is 0 Å². The predicted molar refractivity (Wildman–Crippen MR) is 71.4 cm³/mol. The lowest BCUT2D eigenvalue weighted by atomic mass is 10.1. The molecule has 0 aromatic carbocycles. The van der Waals surface area contributed by atoms with Crippen LogP contribution in [0.3, 0.4) is 0 Å². The molecule has 18 heavy (non-hydrogen) atoms. The first-order valence-corrected chi connectivity index (χ1v) is 8.01. The molecule has 0 aromatic heterocycles. The number of hydrogen-bond acceptors (Lipinski definition) is 4. The van der Waals surface area contributed by atoms with Crippen molar-refractivity contribution < 1.29 is 22.6 Å². The highest BCUT2D eigenvalue weighted by Crippen LogP contribution is 2.52. The molecule has 0 aliphatic heterocycles. The van der Waals surface area contributed by atoms with Crippen molar-refractivity contribution in [3.8, 4) is 0 Å².